The van der Waals surface area contributed by atoms with Gasteiger partial charge >= 0.3 is 0 Å². The van der Waals surface area contributed by atoms with E-state index in [1.54, 1.807) is 6.08 Å². The molecule has 100 valence electrons. The Hall–Kier alpha value is -1.11. The predicted molar refractivity (Wildman–Crippen MR) is 78.1 cm³/mol. The third-order valence-electron chi connectivity index (χ3n) is 2.72. The summed E-state index contributed by atoms with van der Waals surface area (Å²) >= 11 is 0. The normalized spacial score (nSPS) is 13.8. The summed E-state index contributed by atoms with van der Waals surface area (Å²) in [4.78, 5) is 0. The predicted octanol–water partition coefficient (Wildman–Crippen LogP) is 5.63. The van der Waals surface area contributed by atoms with Gasteiger partial charge in [0.25, 0.3) is 0 Å². The fraction of sp³-hybridized carbons (Fsp3) is 0.529. The van der Waals surface area contributed by atoms with Gasteiger partial charge < -0.3 is 0 Å². The Morgan fingerprint density at radius 3 is 1.89 bits per heavy atom. The lowest BCUT2D eigenvalue weighted by Gasteiger charge is -2.18. The molecule has 0 atom stereocenters. The topological polar surface area (TPSA) is 0 Å². The minimum absolute atomic E-state index is 0.0777. The lowest BCUT2D eigenvalue weighted by molar-refractivity contribution is 0.389. The highest BCUT2D eigenvalue weighted by Crippen LogP contribution is 2.28. The first-order valence-electron chi connectivity index (χ1n) is 6.54. The van der Waals surface area contributed by atoms with Gasteiger partial charge in [0.2, 0.25) is 0 Å². The van der Waals surface area contributed by atoms with Crippen LogP contribution < -0.4 is 0 Å². The number of rotatable bonds is 2. The van der Waals surface area contributed by atoms with Crippen molar-refractivity contribution >= 4 is 6.08 Å². The van der Waals surface area contributed by atoms with E-state index in [1.807, 2.05) is 32.9 Å². The first kappa shape index (κ1) is 14.9. The molecule has 0 radical (unpaired) electrons. The molecule has 18 heavy (non-hydrogen) atoms. The third-order valence-corrected chi connectivity index (χ3v) is 2.72. The molecule has 1 heteroatoms. The van der Waals surface area contributed by atoms with Crippen LogP contribution in [0.1, 0.15) is 52.7 Å². The summed E-state index contributed by atoms with van der Waals surface area (Å²) in [7, 11) is 0. The summed E-state index contributed by atoms with van der Waals surface area (Å²) in [6, 6.07) is 8.17. The van der Waals surface area contributed by atoms with Gasteiger partial charge in [-0.3, -0.25) is 0 Å². The lowest BCUT2D eigenvalue weighted by atomic mass is 9.88. The molecule has 1 aromatic rings. The van der Waals surface area contributed by atoms with E-state index < -0.39 is 5.41 Å². The monoisotopic (exact) mass is 248 g/mol. The second kappa shape index (κ2) is 5.26. The van der Waals surface area contributed by atoms with E-state index in [2.05, 4.69) is 32.9 Å². The maximum Gasteiger partial charge on any atom is 0.106 e. The summed E-state index contributed by atoms with van der Waals surface area (Å²) in [5.41, 5.74) is 2.11. The van der Waals surface area contributed by atoms with E-state index in [4.69, 9.17) is 0 Å². The molecule has 1 aromatic carbocycles. The van der Waals surface area contributed by atoms with Gasteiger partial charge in [0.15, 0.2) is 0 Å². The molecule has 0 aliphatic heterocycles. The molecule has 0 bridgehead atoms. The molecule has 0 unspecified atom stereocenters. The highest BCUT2D eigenvalue weighted by atomic mass is 19.1. The van der Waals surface area contributed by atoms with Gasteiger partial charge in [-0.15, -0.1) is 0 Å². The lowest BCUT2D eigenvalue weighted by Crippen LogP contribution is -2.08. The van der Waals surface area contributed by atoms with Gasteiger partial charge in [0.1, 0.15) is 5.83 Å². The van der Waals surface area contributed by atoms with Crippen LogP contribution in [-0.2, 0) is 6.42 Å². The van der Waals surface area contributed by atoms with E-state index in [0.29, 0.717) is 0 Å². The first-order chi connectivity index (χ1) is 8.08. The van der Waals surface area contributed by atoms with Crippen molar-refractivity contribution in [3.05, 3.63) is 41.2 Å². The van der Waals surface area contributed by atoms with Crippen molar-refractivity contribution in [3.63, 3.8) is 0 Å². The van der Waals surface area contributed by atoms with Crippen molar-refractivity contribution in [2.45, 2.75) is 48.0 Å². The Bertz CT molecular complexity index is 410. The Labute approximate surface area is 111 Å². The largest absolute Gasteiger partial charge is 0.211 e. The zero-order valence-electron chi connectivity index (χ0n) is 12.5. The van der Waals surface area contributed by atoms with Crippen molar-refractivity contribution < 1.29 is 4.39 Å². The van der Waals surface area contributed by atoms with Crippen LogP contribution in [0.3, 0.4) is 0 Å². The van der Waals surface area contributed by atoms with Crippen LogP contribution in [0.15, 0.2) is 30.1 Å². The highest BCUT2D eigenvalue weighted by Gasteiger charge is 2.16. The molecular weight excluding hydrogens is 223 g/mol. The van der Waals surface area contributed by atoms with Crippen LogP contribution >= 0.6 is 0 Å². The van der Waals surface area contributed by atoms with Crippen molar-refractivity contribution in [1.82, 2.24) is 0 Å². The third kappa shape index (κ3) is 5.03. The Kier molecular flexibility index (Phi) is 4.37. The van der Waals surface area contributed by atoms with Gasteiger partial charge in [-0.25, -0.2) is 4.39 Å². The van der Waals surface area contributed by atoms with E-state index in [9.17, 15) is 4.39 Å². The fourth-order valence-corrected chi connectivity index (χ4v) is 1.71. The molecule has 0 fully saturated rings. The second-order valence-electron chi connectivity index (χ2n) is 7.22. The quantitative estimate of drug-likeness (QED) is 0.636. The van der Waals surface area contributed by atoms with Crippen LogP contribution in [0.4, 0.5) is 4.39 Å². The first-order valence-corrected chi connectivity index (χ1v) is 6.54. The molecular formula is C17H25F. The molecule has 0 amide bonds. The molecule has 0 saturated heterocycles. The average Bonchev–Trinajstić information content (AvgIpc) is 2.17. The summed E-state index contributed by atoms with van der Waals surface area (Å²) in [5.74, 6) is -0.0777. The molecule has 0 nitrogen and oxygen atoms in total. The number of hydrogen-bond donors (Lipinski definition) is 0. The second-order valence-corrected chi connectivity index (χ2v) is 7.22. The average molecular weight is 248 g/mol. The standard InChI is InChI=1S/C17H25F/c1-16(2,3)12-14-9-7-13(8-10-14)11-15(18)17(4,5)6/h7-11H,12H2,1-6H3/b15-11-. The van der Waals surface area contributed by atoms with Crippen LogP contribution in [0.25, 0.3) is 6.08 Å². The zero-order valence-corrected chi connectivity index (χ0v) is 12.5. The SMILES string of the molecule is CC(C)(C)Cc1ccc(/C=C(\F)C(C)(C)C)cc1. The van der Waals surface area contributed by atoms with Gasteiger partial charge in [-0.05, 0) is 29.0 Å². The van der Waals surface area contributed by atoms with Gasteiger partial charge in [0.05, 0.1) is 0 Å². The number of halogens is 1. The van der Waals surface area contributed by atoms with Crippen molar-refractivity contribution in [2.75, 3.05) is 0 Å². The van der Waals surface area contributed by atoms with Crippen molar-refractivity contribution in [1.29, 1.82) is 0 Å². The van der Waals surface area contributed by atoms with Gasteiger partial charge in [-0.1, -0.05) is 65.8 Å². The van der Waals surface area contributed by atoms with E-state index in [-0.39, 0.29) is 11.2 Å². The molecule has 1 rings (SSSR count). The molecule has 0 aromatic heterocycles. The molecule has 0 N–H and O–H groups in total. The Morgan fingerprint density at radius 1 is 1.00 bits per heavy atom. The van der Waals surface area contributed by atoms with Crippen molar-refractivity contribution in [2.24, 2.45) is 10.8 Å². The number of allylic oxidation sites excluding steroid dienone is 1. The Morgan fingerprint density at radius 2 is 1.50 bits per heavy atom. The van der Waals surface area contributed by atoms with Crippen LogP contribution in [0, 0.1) is 10.8 Å². The van der Waals surface area contributed by atoms with Crippen LogP contribution in [0.5, 0.6) is 0 Å². The maximum absolute atomic E-state index is 13.8. The van der Waals surface area contributed by atoms with E-state index >= 15 is 0 Å². The minimum atomic E-state index is -0.413. The summed E-state index contributed by atoms with van der Waals surface area (Å²) < 4.78 is 13.8. The van der Waals surface area contributed by atoms with Crippen LogP contribution in [-0.4, -0.2) is 0 Å². The molecule has 0 aliphatic carbocycles. The summed E-state index contributed by atoms with van der Waals surface area (Å²) in [5, 5.41) is 0. The minimum Gasteiger partial charge on any atom is -0.211 e. The van der Waals surface area contributed by atoms with Gasteiger partial charge in [0, 0.05) is 5.41 Å². The molecule has 0 aliphatic rings. The van der Waals surface area contributed by atoms with Crippen molar-refractivity contribution in [3.8, 4) is 0 Å². The highest BCUT2D eigenvalue weighted by molar-refractivity contribution is 5.52. The number of benzene rings is 1. The van der Waals surface area contributed by atoms with Crippen LogP contribution in [0.2, 0.25) is 0 Å². The Balaban J connectivity index is 2.84. The maximum atomic E-state index is 13.8. The fourth-order valence-electron chi connectivity index (χ4n) is 1.71. The molecule has 0 saturated carbocycles. The summed E-state index contributed by atoms with van der Waals surface area (Å²) in [6.45, 7) is 12.3. The van der Waals surface area contributed by atoms with Gasteiger partial charge in [-0.2, -0.15) is 0 Å². The van der Waals surface area contributed by atoms with E-state index in [1.165, 1.54) is 5.56 Å². The molecule has 0 heterocycles. The van der Waals surface area contributed by atoms with E-state index in [0.717, 1.165) is 12.0 Å². The molecule has 0 spiro atoms. The number of hydrogen-bond acceptors (Lipinski definition) is 0. The zero-order chi connectivity index (χ0) is 14.0. The smallest absolute Gasteiger partial charge is 0.106 e. The summed E-state index contributed by atoms with van der Waals surface area (Å²) in [6.07, 6.45) is 2.67.